The molecule has 0 radical (unpaired) electrons. The molecule has 0 fully saturated rings. The largest absolute Gasteiger partial charge is 0.282 e. The van der Waals surface area contributed by atoms with Crippen LogP contribution in [-0.2, 0) is 0 Å². The highest BCUT2D eigenvalue weighted by Crippen LogP contribution is 2.28. The maximum Gasteiger partial charge on any atom is 0.235 e. The molecule has 0 saturated carbocycles. The van der Waals surface area contributed by atoms with Crippen LogP contribution >= 0.6 is 27.3 Å². The standard InChI is InChI=1S/C13H8BrFN6S/c1-6-4-10(17-16-6)12-20-21-11(18-19-13(21)22-12)7-2-3-9(15)8(14)5-7/h2-5H,1H3,(H,16,17). The molecule has 1 N–H and O–H groups in total. The predicted molar refractivity (Wildman–Crippen MR) is 84.1 cm³/mol. The van der Waals surface area contributed by atoms with E-state index in [1.807, 2.05) is 13.0 Å². The number of H-pyrrole nitrogens is 1. The molecule has 0 atom stereocenters. The van der Waals surface area contributed by atoms with Gasteiger partial charge in [-0.15, -0.1) is 10.2 Å². The second-order valence-electron chi connectivity index (χ2n) is 4.69. The van der Waals surface area contributed by atoms with Gasteiger partial charge in [0, 0.05) is 11.3 Å². The summed E-state index contributed by atoms with van der Waals surface area (Å²) in [6.07, 6.45) is 0. The molecule has 4 rings (SSSR count). The average Bonchev–Trinajstić information content (AvgIpc) is 3.16. The summed E-state index contributed by atoms with van der Waals surface area (Å²) in [4.78, 5) is 0.658. The van der Waals surface area contributed by atoms with Crippen molar-refractivity contribution >= 4 is 32.2 Å². The average molecular weight is 379 g/mol. The summed E-state index contributed by atoms with van der Waals surface area (Å²) in [7, 11) is 0. The molecule has 0 amide bonds. The van der Waals surface area contributed by atoms with Gasteiger partial charge in [-0.1, -0.05) is 11.3 Å². The summed E-state index contributed by atoms with van der Waals surface area (Å²) < 4.78 is 15.4. The van der Waals surface area contributed by atoms with E-state index in [-0.39, 0.29) is 5.82 Å². The molecule has 0 aliphatic carbocycles. The molecule has 0 saturated heterocycles. The number of halogens is 2. The van der Waals surface area contributed by atoms with E-state index >= 15 is 0 Å². The van der Waals surface area contributed by atoms with Gasteiger partial charge in [-0.05, 0) is 47.1 Å². The monoisotopic (exact) mass is 378 g/mol. The van der Waals surface area contributed by atoms with Crippen LogP contribution in [0.2, 0.25) is 0 Å². The Labute approximate surface area is 136 Å². The van der Waals surface area contributed by atoms with Crippen molar-refractivity contribution in [2.45, 2.75) is 6.92 Å². The number of hydrogen-bond acceptors (Lipinski definition) is 5. The van der Waals surface area contributed by atoms with Crippen molar-refractivity contribution in [3.63, 3.8) is 0 Å². The summed E-state index contributed by atoms with van der Waals surface area (Å²) in [5, 5.41) is 20.6. The van der Waals surface area contributed by atoms with Crippen molar-refractivity contribution in [1.82, 2.24) is 30.0 Å². The fourth-order valence-electron chi connectivity index (χ4n) is 2.06. The third-order valence-electron chi connectivity index (χ3n) is 3.09. The Bertz CT molecular complexity index is 988. The number of nitrogens with one attached hydrogen (secondary N) is 1. The van der Waals surface area contributed by atoms with Crippen LogP contribution in [0.15, 0.2) is 28.7 Å². The van der Waals surface area contributed by atoms with Crippen LogP contribution in [0.4, 0.5) is 4.39 Å². The quantitative estimate of drug-likeness (QED) is 0.579. The maximum absolute atomic E-state index is 13.4. The Hall–Kier alpha value is -2.13. The first-order chi connectivity index (χ1) is 10.6. The zero-order valence-electron chi connectivity index (χ0n) is 11.2. The molecule has 110 valence electrons. The van der Waals surface area contributed by atoms with Crippen molar-refractivity contribution in [2.24, 2.45) is 0 Å². The van der Waals surface area contributed by atoms with Crippen molar-refractivity contribution in [2.75, 3.05) is 0 Å². The van der Waals surface area contributed by atoms with E-state index in [0.29, 0.717) is 15.3 Å². The van der Waals surface area contributed by atoms with E-state index in [1.54, 1.807) is 16.6 Å². The van der Waals surface area contributed by atoms with Gasteiger partial charge in [-0.2, -0.15) is 14.7 Å². The lowest BCUT2D eigenvalue weighted by atomic mass is 10.2. The molecule has 0 aliphatic heterocycles. The normalized spacial score (nSPS) is 11.4. The summed E-state index contributed by atoms with van der Waals surface area (Å²) in [5.41, 5.74) is 2.46. The minimum Gasteiger partial charge on any atom is -0.282 e. The topological polar surface area (TPSA) is 71.8 Å². The fraction of sp³-hybridized carbons (Fsp3) is 0.0769. The third kappa shape index (κ3) is 2.13. The summed E-state index contributed by atoms with van der Waals surface area (Å²) in [5.74, 6) is 0.237. The molecule has 1 aromatic carbocycles. The number of nitrogens with zero attached hydrogens (tertiary/aromatic N) is 5. The van der Waals surface area contributed by atoms with Gasteiger partial charge in [-0.3, -0.25) is 5.10 Å². The zero-order valence-corrected chi connectivity index (χ0v) is 13.6. The Morgan fingerprint density at radius 2 is 2.14 bits per heavy atom. The fourth-order valence-corrected chi connectivity index (χ4v) is 3.24. The minimum atomic E-state index is -0.324. The van der Waals surface area contributed by atoms with Gasteiger partial charge in [0.1, 0.15) is 11.5 Å². The molecule has 0 unspecified atom stereocenters. The molecule has 0 aliphatic rings. The Kier molecular flexibility index (Phi) is 3.05. The van der Waals surface area contributed by atoms with E-state index in [9.17, 15) is 4.39 Å². The SMILES string of the molecule is Cc1cc(-c2nn3c(-c4ccc(F)c(Br)c4)nnc3s2)n[nH]1. The lowest BCUT2D eigenvalue weighted by Gasteiger charge is -1.99. The van der Waals surface area contributed by atoms with E-state index in [0.717, 1.165) is 22.0 Å². The number of rotatable bonds is 2. The van der Waals surface area contributed by atoms with E-state index < -0.39 is 0 Å². The Morgan fingerprint density at radius 3 is 2.86 bits per heavy atom. The number of fused-ring (bicyclic) bond motifs is 1. The second-order valence-corrected chi connectivity index (χ2v) is 6.50. The smallest absolute Gasteiger partial charge is 0.235 e. The van der Waals surface area contributed by atoms with Crippen LogP contribution in [0.1, 0.15) is 5.69 Å². The van der Waals surface area contributed by atoms with Gasteiger partial charge in [0.2, 0.25) is 4.96 Å². The van der Waals surface area contributed by atoms with Gasteiger partial charge in [0.15, 0.2) is 10.8 Å². The third-order valence-corrected chi connectivity index (χ3v) is 4.62. The van der Waals surface area contributed by atoms with Crippen molar-refractivity contribution < 1.29 is 4.39 Å². The first-order valence-electron chi connectivity index (χ1n) is 6.32. The van der Waals surface area contributed by atoms with Gasteiger partial charge in [0.05, 0.1) is 4.47 Å². The van der Waals surface area contributed by atoms with Crippen LogP contribution in [0.3, 0.4) is 0 Å². The Morgan fingerprint density at radius 1 is 1.27 bits per heavy atom. The summed E-state index contributed by atoms with van der Waals surface area (Å²) in [6, 6.07) is 6.60. The summed E-state index contributed by atoms with van der Waals surface area (Å²) in [6.45, 7) is 1.93. The minimum absolute atomic E-state index is 0.324. The van der Waals surface area contributed by atoms with Crippen LogP contribution in [0.25, 0.3) is 27.1 Å². The molecule has 3 heterocycles. The molecule has 3 aromatic heterocycles. The van der Waals surface area contributed by atoms with E-state index in [2.05, 4.69) is 41.4 Å². The lowest BCUT2D eigenvalue weighted by Crippen LogP contribution is -1.92. The number of aryl methyl sites for hydroxylation is 1. The van der Waals surface area contributed by atoms with Crippen LogP contribution in [0, 0.1) is 12.7 Å². The molecule has 4 aromatic rings. The molecule has 0 spiro atoms. The first kappa shape index (κ1) is 13.5. The van der Waals surface area contributed by atoms with Gasteiger partial charge in [-0.25, -0.2) is 4.39 Å². The lowest BCUT2D eigenvalue weighted by molar-refractivity contribution is 0.621. The molecule has 6 nitrogen and oxygen atoms in total. The zero-order chi connectivity index (χ0) is 15.3. The number of aromatic nitrogens is 6. The second kappa shape index (κ2) is 4.96. The van der Waals surface area contributed by atoms with Gasteiger partial charge >= 0.3 is 0 Å². The van der Waals surface area contributed by atoms with Crippen molar-refractivity contribution in [1.29, 1.82) is 0 Å². The van der Waals surface area contributed by atoms with E-state index in [1.165, 1.54) is 17.4 Å². The molecular formula is C13H8BrFN6S. The highest BCUT2D eigenvalue weighted by Gasteiger charge is 2.16. The predicted octanol–water partition coefficient (Wildman–Crippen LogP) is 3.45. The van der Waals surface area contributed by atoms with Crippen molar-refractivity contribution in [3.8, 4) is 22.1 Å². The number of aromatic amines is 1. The molecule has 22 heavy (non-hydrogen) atoms. The highest BCUT2D eigenvalue weighted by atomic mass is 79.9. The molecule has 0 bridgehead atoms. The maximum atomic E-state index is 13.4. The van der Waals surface area contributed by atoms with E-state index in [4.69, 9.17) is 0 Å². The summed E-state index contributed by atoms with van der Waals surface area (Å²) >= 11 is 4.57. The molecule has 9 heteroatoms. The first-order valence-corrected chi connectivity index (χ1v) is 7.93. The van der Waals surface area contributed by atoms with Crippen LogP contribution in [0.5, 0.6) is 0 Å². The number of benzene rings is 1. The Balaban J connectivity index is 1.85. The van der Waals surface area contributed by atoms with Gasteiger partial charge in [0.25, 0.3) is 0 Å². The molecular weight excluding hydrogens is 371 g/mol. The van der Waals surface area contributed by atoms with Gasteiger partial charge < -0.3 is 0 Å². The van der Waals surface area contributed by atoms with Crippen molar-refractivity contribution in [3.05, 3.63) is 40.2 Å². The highest BCUT2D eigenvalue weighted by molar-refractivity contribution is 9.10. The van der Waals surface area contributed by atoms with Crippen LogP contribution in [-0.4, -0.2) is 30.0 Å². The van der Waals surface area contributed by atoms with Crippen LogP contribution < -0.4 is 0 Å². The number of hydrogen-bond donors (Lipinski definition) is 1.